The highest BCUT2D eigenvalue weighted by Crippen LogP contribution is 2.21. The minimum Gasteiger partial charge on any atom is -0.366 e. The van der Waals surface area contributed by atoms with Crippen molar-refractivity contribution in [2.24, 2.45) is 0 Å². The Bertz CT molecular complexity index is 815. The maximum absolute atomic E-state index is 13.9. The van der Waals surface area contributed by atoms with Gasteiger partial charge < -0.3 is 15.1 Å². The molecule has 1 aromatic heterocycles. The molecule has 132 valence electrons. The highest BCUT2D eigenvalue weighted by Gasteiger charge is 2.21. The van der Waals surface area contributed by atoms with Gasteiger partial charge in [-0.15, -0.1) is 0 Å². The number of aromatic nitrogens is 2. The summed E-state index contributed by atoms with van der Waals surface area (Å²) in [5, 5.41) is 2.58. The first-order chi connectivity index (χ1) is 12.1. The fourth-order valence-corrected chi connectivity index (χ4v) is 2.83. The molecular weight excluding hydrogens is 325 g/mol. The van der Waals surface area contributed by atoms with Crippen molar-refractivity contribution in [3.05, 3.63) is 52.2 Å². The molecule has 0 atom stereocenters. The number of halogens is 1. The number of rotatable bonds is 4. The summed E-state index contributed by atoms with van der Waals surface area (Å²) >= 11 is 0. The predicted molar refractivity (Wildman–Crippen MR) is 93.7 cm³/mol. The molecule has 0 saturated carbocycles. The lowest BCUT2D eigenvalue weighted by Crippen LogP contribution is -2.48. The SMILES string of the molecule is CCNC(=O)c1cnc(N2CCN(c3ccccc3F)CC2)[nH]c1=O. The van der Waals surface area contributed by atoms with Crippen LogP contribution in [0.1, 0.15) is 17.3 Å². The summed E-state index contributed by atoms with van der Waals surface area (Å²) in [6.07, 6.45) is 1.29. The number of nitrogens with zero attached hydrogens (tertiary/aromatic N) is 3. The molecule has 0 radical (unpaired) electrons. The van der Waals surface area contributed by atoms with Crippen molar-refractivity contribution in [3.63, 3.8) is 0 Å². The lowest BCUT2D eigenvalue weighted by Gasteiger charge is -2.36. The number of hydrogen-bond donors (Lipinski definition) is 2. The third-order valence-corrected chi connectivity index (χ3v) is 4.14. The van der Waals surface area contributed by atoms with Crippen molar-refractivity contribution in [2.75, 3.05) is 42.5 Å². The third-order valence-electron chi connectivity index (χ3n) is 4.14. The first kappa shape index (κ1) is 16.9. The van der Waals surface area contributed by atoms with Gasteiger partial charge in [0.05, 0.1) is 5.69 Å². The van der Waals surface area contributed by atoms with Crippen LogP contribution in [0.5, 0.6) is 0 Å². The zero-order valence-electron chi connectivity index (χ0n) is 14.0. The molecule has 2 heterocycles. The van der Waals surface area contributed by atoms with E-state index >= 15 is 0 Å². The van der Waals surface area contributed by atoms with Crippen LogP contribution in [0.15, 0.2) is 35.3 Å². The van der Waals surface area contributed by atoms with Gasteiger partial charge in [0.15, 0.2) is 0 Å². The first-order valence-electron chi connectivity index (χ1n) is 8.22. The molecule has 7 nitrogen and oxygen atoms in total. The molecule has 1 saturated heterocycles. The van der Waals surface area contributed by atoms with Crippen LogP contribution in [0.3, 0.4) is 0 Å². The van der Waals surface area contributed by atoms with Crippen molar-refractivity contribution in [2.45, 2.75) is 6.92 Å². The molecular formula is C17H20FN5O2. The largest absolute Gasteiger partial charge is 0.366 e. The van der Waals surface area contributed by atoms with E-state index in [2.05, 4.69) is 15.3 Å². The fourth-order valence-electron chi connectivity index (χ4n) is 2.83. The normalized spacial score (nSPS) is 14.5. The highest BCUT2D eigenvalue weighted by molar-refractivity contribution is 5.93. The van der Waals surface area contributed by atoms with Crippen LogP contribution in [0.2, 0.25) is 0 Å². The summed E-state index contributed by atoms with van der Waals surface area (Å²) in [6, 6.07) is 6.68. The molecule has 25 heavy (non-hydrogen) atoms. The molecule has 2 aromatic rings. The highest BCUT2D eigenvalue weighted by atomic mass is 19.1. The Kier molecular flexibility index (Phi) is 4.97. The van der Waals surface area contributed by atoms with Crippen molar-refractivity contribution in [3.8, 4) is 0 Å². The van der Waals surface area contributed by atoms with E-state index < -0.39 is 11.5 Å². The number of H-pyrrole nitrogens is 1. The van der Waals surface area contributed by atoms with Gasteiger partial charge in [-0.05, 0) is 19.1 Å². The van der Waals surface area contributed by atoms with Crippen molar-refractivity contribution >= 4 is 17.5 Å². The van der Waals surface area contributed by atoms with E-state index in [1.165, 1.54) is 12.3 Å². The Morgan fingerprint density at radius 3 is 2.56 bits per heavy atom. The van der Waals surface area contributed by atoms with Gasteiger partial charge in [0.1, 0.15) is 11.4 Å². The average Bonchev–Trinajstić information content (AvgIpc) is 2.62. The Labute approximate surface area is 144 Å². The lowest BCUT2D eigenvalue weighted by atomic mass is 10.2. The van der Waals surface area contributed by atoms with Crippen LogP contribution in [-0.2, 0) is 0 Å². The Morgan fingerprint density at radius 2 is 1.92 bits per heavy atom. The maximum Gasteiger partial charge on any atom is 0.265 e. The minimum atomic E-state index is -0.465. The molecule has 0 aliphatic carbocycles. The monoisotopic (exact) mass is 345 g/mol. The molecule has 2 N–H and O–H groups in total. The van der Waals surface area contributed by atoms with E-state index in [9.17, 15) is 14.0 Å². The zero-order chi connectivity index (χ0) is 17.8. The molecule has 0 bridgehead atoms. The number of nitrogens with one attached hydrogen (secondary N) is 2. The number of carbonyl (C=O) groups is 1. The minimum absolute atomic E-state index is 0.00408. The second kappa shape index (κ2) is 7.33. The smallest absolute Gasteiger partial charge is 0.265 e. The number of hydrogen-bond acceptors (Lipinski definition) is 5. The number of carbonyl (C=O) groups excluding carboxylic acids is 1. The predicted octanol–water partition coefficient (Wildman–Crippen LogP) is 0.985. The lowest BCUT2D eigenvalue weighted by molar-refractivity contribution is 0.0954. The van der Waals surface area contributed by atoms with Gasteiger partial charge in [0, 0.05) is 38.9 Å². The fraction of sp³-hybridized carbons (Fsp3) is 0.353. The topological polar surface area (TPSA) is 81.3 Å². The molecule has 3 rings (SSSR count). The zero-order valence-corrected chi connectivity index (χ0v) is 14.0. The summed E-state index contributed by atoms with van der Waals surface area (Å²) in [4.78, 5) is 34.6. The van der Waals surface area contributed by atoms with Crippen LogP contribution in [0.25, 0.3) is 0 Å². The number of amides is 1. The second-order valence-corrected chi connectivity index (χ2v) is 5.73. The van der Waals surface area contributed by atoms with Gasteiger partial charge in [-0.3, -0.25) is 14.6 Å². The van der Waals surface area contributed by atoms with Gasteiger partial charge in [-0.2, -0.15) is 0 Å². The van der Waals surface area contributed by atoms with Crippen molar-refractivity contribution in [1.82, 2.24) is 15.3 Å². The number of para-hydroxylation sites is 1. The summed E-state index contributed by atoms with van der Waals surface area (Å²) in [5.41, 5.74) is 0.110. The van der Waals surface area contributed by atoms with Crippen LogP contribution in [-0.4, -0.2) is 48.6 Å². The van der Waals surface area contributed by atoms with E-state index in [-0.39, 0.29) is 11.4 Å². The Morgan fingerprint density at radius 1 is 1.24 bits per heavy atom. The van der Waals surface area contributed by atoms with Gasteiger partial charge in [0.2, 0.25) is 5.95 Å². The Balaban J connectivity index is 1.69. The number of aromatic amines is 1. The number of anilines is 2. The van der Waals surface area contributed by atoms with Gasteiger partial charge in [0.25, 0.3) is 11.5 Å². The summed E-state index contributed by atoms with van der Waals surface area (Å²) in [7, 11) is 0. The van der Waals surface area contributed by atoms with E-state index in [4.69, 9.17) is 0 Å². The van der Waals surface area contributed by atoms with Crippen LogP contribution in [0.4, 0.5) is 16.0 Å². The van der Waals surface area contributed by atoms with Crippen molar-refractivity contribution < 1.29 is 9.18 Å². The molecule has 1 aliphatic rings. The Hall–Kier alpha value is -2.90. The quantitative estimate of drug-likeness (QED) is 0.864. The average molecular weight is 345 g/mol. The van der Waals surface area contributed by atoms with Crippen LogP contribution >= 0.6 is 0 Å². The molecule has 1 amide bonds. The first-order valence-corrected chi connectivity index (χ1v) is 8.22. The third kappa shape index (κ3) is 3.62. The van der Waals surface area contributed by atoms with E-state index in [0.29, 0.717) is 44.4 Å². The van der Waals surface area contributed by atoms with Gasteiger partial charge in [-0.25, -0.2) is 9.37 Å². The molecule has 1 fully saturated rings. The molecule has 1 aromatic carbocycles. The van der Waals surface area contributed by atoms with E-state index in [1.807, 2.05) is 15.9 Å². The van der Waals surface area contributed by atoms with E-state index in [0.717, 1.165) is 0 Å². The molecule has 1 aliphatic heterocycles. The van der Waals surface area contributed by atoms with Crippen LogP contribution in [0, 0.1) is 5.82 Å². The standard InChI is InChI=1S/C17H20FN5O2/c1-2-19-15(24)12-11-20-17(21-16(12)25)23-9-7-22(8-10-23)14-6-4-3-5-13(14)18/h3-6,11H,2,7-10H2,1H3,(H,19,24)(H,20,21,25). The van der Waals surface area contributed by atoms with E-state index in [1.54, 1.807) is 19.1 Å². The number of piperazine rings is 1. The van der Waals surface area contributed by atoms with Crippen LogP contribution < -0.4 is 20.7 Å². The van der Waals surface area contributed by atoms with Gasteiger partial charge in [-0.1, -0.05) is 12.1 Å². The van der Waals surface area contributed by atoms with Gasteiger partial charge >= 0.3 is 0 Å². The summed E-state index contributed by atoms with van der Waals surface area (Å²) < 4.78 is 13.9. The number of benzene rings is 1. The maximum atomic E-state index is 13.9. The second-order valence-electron chi connectivity index (χ2n) is 5.73. The molecule has 8 heteroatoms. The molecule has 0 spiro atoms. The summed E-state index contributed by atoms with van der Waals surface area (Å²) in [5.74, 6) is -0.257. The summed E-state index contributed by atoms with van der Waals surface area (Å²) in [6.45, 7) is 4.64. The molecule has 0 unspecified atom stereocenters. The van der Waals surface area contributed by atoms with Crippen molar-refractivity contribution in [1.29, 1.82) is 0 Å².